The second-order valence-electron chi connectivity index (χ2n) is 7.60. The minimum Gasteiger partial charge on any atom is -0.471 e. The Morgan fingerprint density at radius 3 is 2.62 bits per heavy atom. The van der Waals surface area contributed by atoms with Crippen LogP contribution >= 0.6 is 0 Å². The Balaban J connectivity index is 1.48. The maximum atomic E-state index is 13.4. The molecule has 0 fully saturated rings. The first-order valence-corrected chi connectivity index (χ1v) is 10.3. The van der Waals surface area contributed by atoms with Crippen LogP contribution in [0.1, 0.15) is 22.3 Å². The number of hydrogen-bond acceptors (Lipinski definition) is 6. The molecule has 2 aliphatic rings. The third-order valence-electron chi connectivity index (χ3n) is 5.63. The summed E-state index contributed by atoms with van der Waals surface area (Å²) in [6.07, 6.45) is 3.24. The number of benzene rings is 2. The molecule has 0 aromatic heterocycles. The van der Waals surface area contributed by atoms with Crippen LogP contribution in [0.2, 0.25) is 0 Å². The summed E-state index contributed by atoms with van der Waals surface area (Å²) >= 11 is 0. The minimum absolute atomic E-state index is 0.0144. The fraction of sp³-hybridized carbons (Fsp3) is 0.280. The molecule has 1 aliphatic heterocycles. The average molecular weight is 438 g/mol. The van der Waals surface area contributed by atoms with Crippen LogP contribution in [0, 0.1) is 17.7 Å². The van der Waals surface area contributed by atoms with Gasteiger partial charge in [-0.15, -0.1) is 0 Å². The molecule has 0 saturated heterocycles. The molecule has 166 valence electrons. The topological polar surface area (TPSA) is 71.1 Å². The maximum Gasteiger partial charge on any atom is 0.338 e. The number of hydrogen-bond donors (Lipinski definition) is 0. The van der Waals surface area contributed by atoms with Gasteiger partial charge >= 0.3 is 11.9 Å². The first kappa shape index (κ1) is 21.8. The molecule has 4 rings (SSSR count). The lowest BCUT2D eigenvalue weighted by atomic mass is 9.83. The van der Waals surface area contributed by atoms with Gasteiger partial charge in [0.2, 0.25) is 6.29 Å². The van der Waals surface area contributed by atoms with E-state index in [2.05, 4.69) is 0 Å². The number of carbonyl (C=O) groups excluding carboxylic acids is 2. The lowest BCUT2D eigenvalue weighted by Gasteiger charge is -2.34. The van der Waals surface area contributed by atoms with Crippen LogP contribution in [0.25, 0.3) is 0 Å². The van der Waals surface area contributed by atoms with E-state index in [0.717, 1.165) is 17.2 Å². The highest BCUT2D eigenvalue weighted by Gasteiger charge is 2.45. The van der Waals surface area contributed by atoms with E-state index in [4.69, 9.17) is 18.9 Å². The fourth-order valence-electron chi connectivity index (χ4n) is 4.03. The number of fused-ring (bicyclic) bond motifs is 1. The van der Waals surface area contributed by atoms with Gasteiger partial charge in [-0.1, -0.05) is 42.5 Å². The van der Waals surface area contributed by atoms with Gasteiger partial charge in [-0.3, -0.25) is 0 Å². The average Bonchev–Trinajstić information content (AvgIpc) is 3.25. The van der Waals surface area contributed by atoms with Crippen LogP contribution in [0.5, 0.6) is 0 Å². The van der Waals surface area contributed by atoms with Crippen molar-refractivity contribution >= 4 is 11.9 Å². The van der Waals surface area contributed by atoms with Crippen molar-refractivity contribution in [3.05, 3.63) is 95.0 Å². The third kappa shape index (κ3) is 4.73. The van der Waals surface area contributed by atoms with Crippen molar-refractivity contribution in [2.45, 2.75) is 19.3 Å². The van der Waals surface area contributed by atoms with Crippen molar-refractivity contribution in [3.63, 3.8) is 0 Å². The second-order valence-corrected chi connectivity index (χ2v) is 7.60. The van der Waals surface area contributed by atoms with Crippen LogP contribution in [0.4, 0.5) is 4.39 Å². The SMILES string of the molecule is COC(=O)C1=CO[C@@H](OCc2ccccc2)[C@@H]2C(COC(=O)c3cccc(F)c3)=CC[C@H]12. The summed E-state index contributed by atoms with van der Waals surface area (Å²) in [7, 11) is 1.32. The van der Waals surface area contributed by atoms with Gasteiger partial charge in [-0.05, 0) is 35.8 Å². The highest BCUT2D eigenvalue weighted by Crippen LogP contribution is 2.44. The van der Waals surface area contributed by atoms with Crippen molar-refractivity contribution in [1.82, 2.24) is 0 Å². The summed E-state index contributed by atoms with van der Waals surface area (Å²) in [4.78, 5) is 24.6. The zero-order valence-electron chi connectivity index (χ0n) is 17.5. The van der Waals surface area contributed by atoms with Crippen molar-refractivity contribution in [2.75, 3.05) is 13.7 Å². The predicted octanol–water partition coefficient (Wildman–Crippen LogP) is 4.18. The number of methoxy groups -OCH3 is 1. The molecule has 0 N–H and O–H groups in total. The smallest absolute Gasteiger partial charge is 0.338 e. The van der Waals surface area contributed by atoms with Gasteiger partial charge in [0.15, 0.2) is 0 Å². The van der Waals surface area contributed by atoms with Crippen molar-refractivity contribution in [3.8, 4) is 0 Å². The molecule has 2 aromatic carbocycles. The first-order valence-electron chi connectivity index (χ1n) is 10.3. The van der Waals surface area contributed by atoms with Crippen LogP contribution in [0.15, 0.2) is 78.1 Å². The van der Waals surface area contributed by atoms with Crippen LogP contribution in [-0.2, 0) is 30.3 Å². The molecule has 0 saturated carbocycles. The summed E-state index contributed by atoms with van der Waals surface area (Å²) in [5.74, 6) is -2.13. The van der Waals surface area contributed by atoms with E-state index in [1.807, 2.05) is 36.4 Å². The molecule has 7 heteroatoms. The Kier molecular flexibility index (Phi) is 6.66. The Labute approximate surface area is 185 Å². The standard InChI is InChI=1S/C25H23FO6/c1-29-24(28)21-15-32-25(31-13-16-6-3-2-4-7-16)22-18(10-11-20(21)22)14-30-23(27)17-8-5-9-19(26)12-17/h2-10,12,15,20,22,25H,11,13-14H2,1H3/t20-,22-,25-/m1/s1. The maximum absolute atomic E-state index is 13.4. The minimum atomic E-state index is -0.657. The van der Waals surface area contributed by atoms with E-state index in [9.17, 15) is 14.0 Å². The van der Waals surface area contributed by atoms with E-state index in [1.54, 1.807) is 0 Å². The van der Waals surface area contributed by atoms with Gasteiger partial charge in [-0.25, -0.2) is 14.0 Å². The van der Waals surface area contributed by atoms with Gasteiger partial charge in [0.25, 0.3) is 0 Å². The lowest BCUT2D eigenvalue weighted by molar-refractivity contribution is -0.161. The molecule has 1 heterocycles. The molecule has 6 nitrogen and oxygen atoms in total. The highest BCUT2D eigenvalue weighted by atomic mass is 19.1. The van der Waals surface area contributed by atoms with E-state index in [0.29, 0.717) is 18.6 Å². The monoisotopic (exact) mass is 438 g/mol. The molecular formula is C25H23FO6. The molecule has 3 atom stereocenters. The quantitative estimate of drug-likeness (QED) is 0.477. The summed E-state index contributed by atoms with van der Waals surface area (Å²) in [6.45, 7) is 0.312. The zero-order valence-corrected chi connectivity index (χ0v) is 17.5. The fourth-order valence-corrected chi connectivity index (χ4v) is 4.03. The van der Waals surface area contributed by atoms with E-state index >= 15 is 0 Å². The first-order chi connectivity index (χ1) is 15.6. The largest absolute Gasteiger partial charge is 0.471 e. The number of carbonyl (C=O) groups is 2. The molecule has 32 heavy (non-hydrogen) atoms. The number of halogens is 1. The highest BCUT2D eigenvalue weighted by molar-refractivity contribution is 5.90. The van der Waals surface area contributed by atoms with E-state index in [1.165, 1.54) is 31.6 Å². The van der Waals surface area contributed by atoms with E-state index < -0.39 is 24.0 Å². The Morgan fingerprint density at radius 2 is 1.88 bits per heavy atom. The normalized spacial score (nSPS) is 21.6. The number of allylic oxidation sites excluding steroid dienone is 1. The Morgan fingerprint density at radius 1 is 1.06 bits per heavy atom. The number of ether oxygens (including phenoxy) is 4. The van der Waals surface area contributed by atoms with Gasteiger partial charge < -0.3 is 18.9 Å². The molecule has 1 aliphatic carbocycles. The summed E-state index contributed by atoms with van der Waals surface area (Å²) in [6, 6.07) is 15.0. The molecule has 0 spiro atoms. The predicted molar refractivity (Wildman–Crippen MR) is 113 cm³/mol. The second kappa shape index (κ2) is 9.78. The van der Waals surface area contributed by atoms with E-state index in [-0.39, 0.29) is 24.0 Å². The molecule has 0 radical (unpaired) electrons. The molecule has 2 aromatic rings. The molecular weight excluding hydrogens is 415 g/mol. The van der Waals surface area contributed by atoms with Gasteiger partial charge in [0.05, 0.1) is 37.0 Å². The number of rotatable bonds is 7. The Bertz CT molecular complexity index is 1050. The van der Waals surface area contributed by atoms with Crippen LogP contribution < -0.4 is 0 Å². The van der Waals surface area contributed by atoms with Crippen molar-refractivity contribution < 1.29 is 32.9 Å². The zero-order chi connectivity index (χ0) is 22.5. The summed E-state index contributed by atoms with van der Waals surface area (Å²) < 4.78 is 35.5. The summed E-state index contributed by atoms with van der Waals surface area (Å²) in [5.41, 5.74) is 2.32. The number of esters is 2. The van der Waals surface area contributed by atoms with Gasteiger partial charge in [0.1, 0.15) is 12.4 Å². The summed E-state index contributed by atoms with van der Waals surface area (Å²) in [5, 5.41) is 0. The van der Waals surface area contributed by atoms with Crippen molar-refractivity contribution in [1.29, 1.82) is 0 Å². The van der Waals surface area contributed by atoms with Crippen LogP contribution in [-0.4, -0.2) is 31.9 Å². The van der Waals surface area contributed by atoms with Crippen LogP contribution in [0.3, 0.4) is 0 Å². The molecule has 0 bridgehead atoms. The van der Waals surface area contributed by atoms with Gasteiger partial charge in [0, 0.05) is 5.92 Å². The van der Waals surface area contributed by atoms with Gasteiger partial charge in [-0.2, -0.15) is 0 Å². The molecule has 0 amide bonds. The third-order valence-corrected chi connectivity index (χ3v) is 5.63. The Hall–Kier alpha value is -3.45. The lowest BCUT2D eigenvalue weighted by Crippen LogP contribution is -2.37. The van der Waals surface area contributed by atoms with Crippen molar-refractivity contribution in [2.24, 2.45) is 11.8 Å². The molecule has 0 unspecified atom stereocenters.